The molecule has 0 amide bonds. The minimum atomic E-state index is -0.472. The van der Waals surface area contributed by atoms with E-state index in [2.05, 4.69) is 10.2 Å². The highest BCUT2D eigenvalue weighted by molar-refractivity contribution is 5.40. The van der Waals surface area contributed by atoms with Crippen LogP contribution in [0.25, 0.3) is 0 Å². The van der Waals surface area contributed by atoms with E-state index in [1.54, 1.807) is 0 Å². The van der Waals surface area contributed by atoms with Crippen LogP contribution >= 0.6 is 0 Å². The van der Waals surface area contributed by atoms with Crippen LogP contribution < -0.4 is 5.32 Å². The normalized spacial score (nSPS) is 15.7. The fraction of sp³-hybridized carbons (Fsp3) is 0.571. The Bertz CT molecular complexity index is 462. The Morgan fingerprint density at radius 3 is 2.80 bits per heavy atom. The van der Waals surface area contributed by atoms with Crippen LogP contribution in [0.2, 0.25) is 0 Å². The lowest BCUT2D eigenvalue weighted by molar-refractivity contribution is -0.385. The number of halogens is 1. The topological polar surface area (TPSA) is 58.4 Å². The van der Waals surface area contributed by atoms with Gasteiger partial charge in [-0.25, -0.2) is 4.39 Å². The fourth-order valence-electron chi connectivity index (χ4n) is 2.53. The van der Waals surface area contributed by atoms with Gasteiger partial charge in [0.05, 0.1) is 4.92 Å². The quantitative estimate of drug-likeness (QED) is 0.473. The molecule has 2 rings (SSSR count). The maximum atomic E-state index is 13.1. The summed E-state index contributed by atoms with van der Waals surface area (Å²) in [6.45, 7) is 4.52. The maximum absolute atomic E-state index is 13.1. The molecule has 1 heterocycles. The van der Waals surface area contributed by atoms with Crippen molar-refractivity contribution in [2.24, 2.45) is 0 Å². The summed E-state index contributed by atoms with van der Waals surface area (Å²) in [6.07, 6.45) is 3.56. The van der Waals surface area contributed by atoms with E-state index in [-0.39, 0.29) is 5.69 Å². The van der Waals surface area contributed by atoms with Gasteiger partial charge in [0.25, 0.3) is 5.69 Å². The van der Waals surface area contributed by atoms with Gasteiger partial charge in [0, 0.05) is 18.2 Å². The van der Waals surface area contributed by atoms with Gasteiger partial charge in [0.1, 0.15) is 5.82 Å². The predicted molar refractivity (Wildman–Crippen MR) is 75.1 cm³/mol. The number of likely N-dealkylation sites (tertiary alicyclic amines) is 1. The molecule has 0 atom stereocenters. The first-order valence-corrected chi connectivity index (χ1v) is 7.03. The Kier molecular flexibility index (Phi) is 5.43. The van der Waals surface area contributed by atoms with E-state index in [0.717, 1.165) is 25.6 Å². The molecule has 20 heavy (non-hydrogen) atoms. The molecule has 1 aromatic carbocycles. The third kappa shape index (κ3) is 4.25. The molecule has 1 fully saturated rings. The molecule has 0 radical (unpaired) electrons. The maximum Gasteiger partial charge on any atom is 0.274 e. The van der Waals surface area contributed by atoms with Gasteiger partial charge in [-0.1, -0.05) is 0 Å². The van der Waals surface area contributed by atoms with Gasteiger partial charge in [-0.2, -0.15) is 0 Å². The Hall–Kier alpha value is -1.53. The van der Waals surface area contributed by atoms with Crippen molar-refractivity contribution < 1.29 is 9.31 Å². The monoisotopic (exact) mass is 281 g/mol. The second-order valence-electron chi connectivity index (χ2n) is 5.11. The highest BCUT2D eigenvalue weighted by Gasteiger charge is 2.14. The summed E-state index contributed by atoms with van der Waals surface area (Å²) in [4.78, 5) is 12.8. The lowest BCUT2D eigenvalue weighted by Gasteiger charge is -2.14. The molecule has 0 saturated carbocycles. The van der Waals surface area contributed by atoms with Gasteiger partial charge in [0.2, 0.25) is 0 Å². The fourth-order valence-corrected chi connectivity index (χ4v) is 2.53. The molecule has 1 aliphatic heterocycles. The SMILES string of the molecule is O=[N+]([O-])c1ccc(F)cc1CNCCCN1CCCC1. The number of nitrogens with zero attached hydrogens (tertiary/aromatic N) is 2. The summed E-state index contributed by atoms with van der Waals surface area (Å²) >= 11 is 0. The average molecular weight is 281 g/mol. The third-order valence-electron chi connectivity index (χ3n) is 3.58. The largest absolute Gasteiger partial charge is 0.312 e. The van der Waals surface area contributed by atoms with E-state index in [4.69, 9.17) is 0 Å². The van der Waals surface area contributed by atoms with Crippen molar-refractivity contribution in [3.63, 3.8) is 0 Å². The summed E-state index contributed by atoms with van der Waals surface area (Å²) in [6, 6.07) is 3.57. The predicted octanol–water partition coefficient (Wildman–Crippen LogP) is 2.31. The van der Waals surface area contributed by atoms with Crippen molar-refractivity contribution in [1.82, 2.24) is 10.2 Å². The minimum absolute atomic E-state index is 0.0292. The van der Waals surface area contributed by atoms with Gasteiger partial charge >= 0.3 is 0 Å². The first-order chi connectivity index (χ1) is 9.66. The molecule has 5 nitrogen and oxygen atoms in total. The van der Waals surface area contributed by atoms with Crippen LogP contribution in [0.4, 0.5) is 10.1 Å². The van der Waals surface area contributed by atoms with E-state index < -0.39 is 10.7 Å². The zero-order chi connectivity index (χ0) is 14.4. The number of rotatable bonds is 7. The summed E-state index contributed by atoms with van der Waals surface area (Å²) in [5.41, 5.74) is 0.370. The third-order valence-corrected chi connectivity index (χ3v) is 3.58. The van der Waals surface area contributed by atoms with Crippen molar-refractivity contribution in [3.8, 4) is 0 Å². The number of benzene rings is 1. The van der Waals surface area contributed by atoms with Crippen LogP contribution in [0.5, 0.6) is 0 Å². The summed E-state index contributed by atoms with van der Waals surface area (Å²) < 4.78 is 13.1. The highest BCUT2D eigenvalue weighted by atomic mass is 19.1. The molecule has 1 N–H and O–H groups in total. The van der Waals surface area contributed by atoms with Gasteiger partial charge < -0.3 is 10.2 Å². The van der Waals surface area contributed by atoms with E-state index >= 15 is 0 Å². The smallest absolute Gasteiger partial charge is 0.274 e. The molecule has 6 heteroatoms. The van der Waals surface area contributed by atoms with Crippen molar-refractivity contribution in [2.75, 3.05) is 26.2 Å². The van der Waals surface area contributed by atoms with Gasteiger partial charge in [0.15, 0.2) is 0 Å². The first kappa shape index (κ1) is 14.9. The highest BCUT2D eigenvalue weighted by Crippen LogP contribution is 2.19. The second kappa shape index (κ2) is 7.31. The molecule has 1 aliphatic rings. The first-order valence-electron chi connectivity index (χ1n) is 7.03. The number of hydrogen-bond donors (Lipinski definition) is 1. The molecular formula is C14H20FN3O2. The second-order valence-corrected chi connectivity index (χ2v) is 5.11. The van der Waals surface area contributed by atoms with Crippen molar-refractivity contribution in [3.05, 3.63) is 39.7 Å². The molecule has 110 valence electrons. The lowest BCUT2D eigenvalue weighted by atomic mass is 10.1. The van der Waals surface area contributed by atoms with Crippen LogP contribution in [0.3, 0.4) is 0 Å². The minimum Gasteiger partial charge on any atom is -0.312 e. The van der Waals surface area contributed by atoms with Crippen molar-refractivity contribution >= 4 is 5.69 Å². The van der Waals surface area contributed by atoms with Crippen LogP contribution in [-0.2, 0) is 6.54 Å². The van der Waals surface area contributed by atoms with Crippen LogP contribution in [0.1, 0.15) is 24.8 Å². The molecule has 0 aromatic heterocycles. The Balaban J connectivity index is 1.75. The molecule has 0 spiro atoms. The molecular weight excluding hydrogens is 261 g/mol. The van der Waals surface area contributed by atoms with Crippen LogP contribution in [0, 0.1) is 15.9 Å². The summed E-state index contributed by atoms with van der Waals surface area (Å²) in [7, 11) is 0. The van der Waals surface area contributed by atoms with Crippen molar-refractivity contribution in [1.29, 1.82) is 0 Å². The molecule has 0 unspecified atom stereocenters. The Morgan fingerprint density at radius 1 is 1.35 bits per heavy atom. The number of nitro benzene ring substituents is 1. The van der Waals surface area contributed by atoms with Crippen LogP contribution in [0.15, 0.2) is 18.2 Å². The van der Waals surface area contributed by atoms with E-state index in [0.29, 0.717) is 12.1 Å². The Morgan fingerprint density at radius 2 is 2.10 bits per heavy atom. The molecule has 0 aliphatic carbocycles. The Labute approximate surface area is 117 Å². The number of nitrogens with one attached hydrogen (secondary N) is 1. The number of nitro groups is 1. The average Bonchev–Trinajstić information content (AvgIpc) is 2.91. The van der Waals surface area contributed by atoms with E-state index in [1.165, 1.54) is 38.1 Å². The van der Waals surface area contributed by atoms with Gasteiger partial charge in [-0.3, -0.25) is 10.1 Å². The lowest BCUT2D eigenvalue weighted by Crippen LogP contribution is -2.24. The standard InChI is InChI=1S/C14H20FN3O2/c15-13-4-5-14(18(19)20)12(10-13)11-16-6-3-9-17-7-1-2-8-17/h4-5,10,16H,1-3,6-9,11H2. The number of hydrogen-bond acceptors (Lipinski definition) is 4. The van der Waals surface area contributed by atoms with E-state index in [9.17, 15) is 14.5 Å². The zero-order valence-electron chi connectivity index (χ0n) is 11.5. The molecule has 1 saturated heterocycles. The van der Waals surface area contributed by atoms with Gasteiger partial charge in [-0.15, -0.1) is 0 Å². The molecule has 0 bridgehead atoms. The summed E-state index contributed by atoms with van der Waals surface area (Å²) in [5.74, 6) is -0.440. The van der Waals surface area contributed by atoms with Crippen molar-refractivity contribution in [2.45, 2.75) is 25.8 Å². The summed E-state index contributed by atoms with van der Waals surface area (Å²) in [5, 5.41) is 14.0. The van der Waals surface area contributed by atoms with Crippen LogP contribution in [-0.4, -0.2) is 36.0 Å². The zero-order valence-corrected chi connectivity index (χ0v) is 11.5. The molecule has 1 aromatic rings. The van der Waals surface area contributed by atoms with E-state index in [1.807, 2.05) is 0 Å². The van der Waals surface area contributed by atoms with Gasteiger partial charge in [-0.05, 0) is 57.6 Å².